The van der Waals surface area contributed by atoms with Gasteiger partial charge in [0.2, 0.25) is 0 Å². The highest BCUT2D eigenvalue weighted by Crippen LogP contribution is 2.33. The summed E-state index contributed by atoms with van der Waals surface area (Å²) in [5.41, 5.74) is 2.59. The van der Waals surface area contributed by atoms with Crippen molar-refractivity contribution in [2.45, 2.75) is 17.0 Å². The lowest BCUT2D eigenvalue weighted by Gasteiger charge is -2.45. The Balaban J connectivity index is 1.14. The third-order valence-electron chi connectivity index (χ3n) is 7.51. The number of ether oxygens (including phenoxy) is 1. The van der Waals surface area contributed by atoms with E-state index in [9.17, 15) is 13.2 Å². The minimum Gasteiger partial charge on any atom is -0.456 e. The van der Waals surface area contributed by atoms with Crippen LogP contribution in [0.3, 0.4) is 0 Å². The van der Waals surface area contributed by atoms with Gasteiger partial charge in [-0.25, -0.2) is 8.42 Å². The molecule has 1 saturated heterocycles. The number of rotatable bonds is 10. The average Bonchev–Trinajstić information content (AvgIpc) is 3.03. The first kappa shape index (κ1) is 30.7. The van der Waals surface area contributed by atoms with Crippen LogP contribution in [-0.4, -0.2) is 38.4 Å². The standard InChI is InChI=1S/C35H29Cl2N3O4S/c36-26-15-20-32(39-45(42,43)29-18-16-28(17-19-29)44-33-14-8-7-13-31(33)37)30(21-26)35(41)38-27-22-40(23-27)34(24-9-3-1-4-10-24)25-11-5-2-6-12-25/h1-21,27,34,39H,22-23H2,(H,38,41). The molecule has 10 heteroatoms. The van der Waals surface area contributed by atoms with Gasteiger partial charge < -0.3 is 10.1 Å². The predicted octanol–water partition coefficient (Wildman–Crippen LogP) is 7.79. The van der Waals surface area contributed by atoms with E-state index in [0.29, 0.717) is 34.6 Å². The van der Waals surface area contributed by atoms with Gasteiger partial charge in [0.15, 0.2) is 0 Å². The second-order valence-corrected chi connectivity index (χ2v) is 13.2. The molecule has 5 aromatic rings. The molecular formula is C35H29Cl2N3O4S. The SMILES string of the molecule is O=C(NC1CN(C(c2ccccc2)c2ccccc2)C1)c1cc(Cl)ccc1NS(=O)(=O)c1ccc(Oc2ccccc2Cl)cc1. The Labute approximate surface area is 272 Å². The highest BCUT2D eigenvalue weighted by molar-refractivity contribution is 7.92. The summed E-state index contributed by atoms with van der Waals surface area (Å²) in [7, 11) is -4.04. The molecule has 0 saturated carbocycles. The van der Waals surface area contributed by atoms with Crippen LogP contribution in [-0.2, 0) is 10.0 Å². The van der Waals surface area contributed by atoms with Gasteiger partial charge >= 0.3 is 0 Å². The fourth-order valence-electron chi connectivity index (χ4n) is 5.30. The van der Waals surface area contributed by atoms with Crippen LogP contribution in [0.4, 0.5) is 5.69 Å². The molecule has 1 fully saturated rings. The minimum atomic E-state index is -4.04. The number of hydrogen-bond donors (Lipinski definition) is 2. The normalized spacial score (nSPS) is 13.7. The zero-order valence-electron chi connectivity index (χ0n) is 23.9. The van der Waals surface area contributed by atoms with E-state index in [1.54, 1.807) is 24.3 Å². The van der Waals surface area contributed by atoms with Crippen LogP contribution in [0.1, 0.15) is 27.5 Å². The Hall–Kier alpha value is -4.34. The molecule has 0 bridgehead atoms. The Kier molecular flexibility index (Phi) is 9.09. The molecule has 45 heavy (non-hydrogen) atoms. The van der Waals surface area contributed by atoms with Crippen molar-refractivity contribution in [1.29, 1.82) is 0 Å². The monoisotopic (exact) mass is 657 g/mol. The second-order valence-electron chi connectivity index (χ2n) is 10.6. The summed E-state index contributed by atoms with van der Waals surface area (Å²) in [5, 5.41) is 3.80. The van der Waals surface area contributed by atoms with Crippen molar-refractivity contribution < 1.29 is 17.9 Å². The van der Waals surface area contributed by atoms with Crippen molar-refractivity contribution in [2.75, 3.05) is 17.8 Å². The molecule has 0 radical (unpaired) electrons. The summed E-state index contributed by atoms with van der Waals surface area (Å²) in [4.78, 5) is 15.8. The third-order valence-corrected chi connectivity index (χ3v) is 9.44. The summed E-state index contributed by atoms with van der Waals surface area (Å²) in [6.45, 7) is 1.26. The molecule has 6 rings (SSSR count). The average molecular weight is 659 g/mol. The van der Waals surface area contributed by atoms with Gasteiger partial charge in [-0.15, -0.1) is 0 Å². The van der Waals surface area contributed by atoms with E-state index in [1.807, 2.05) is 36.4 Å². The molecule has 0 atom stereocenters. The van der Waals surface area contributed by atoms with Crippen LogP contribution in [0.5, 0.6) is 11.5 Å². The first-order valence-electron chi connectivity index (χ1n) is 14.3. The van der Waals surface area contributed by atoms with Crippen molar-refractivity contribution in [1.82, 2.24) is 10.2 Å². The number of halogens is 2. The van der Waals surface area contributed by atoms with Crippen LogP contribution in [0, 0.1) is 0 Å². The topological polar surface area (TPSA) is 87.7 Å². The van der Waals surface area contributed by atoms with Crippen LogP contribution in [0.25, 0.3) is 0 Å². The van der Waals surface area contributed by atoms with Crippen molar-refractivity contribution in [3.05, 3.63) is 154 Å². The van der Waals surface area contributed by atoms with Gasteiger partial charge in [0, 0.05) is 18.1 Å². The van der Waals surface area contributed by atoms with Crippen LogP contribution in [0.2, 0.25) is 10.0 Å². The fraction of sp³-hybridized carbons (Fsp3) is 0.114. The van der Waals surface area contributed by atoms with E-state index in [1.165, 1.54) is 53.6 Å². The Morgan fingerprint density at radius 3 is 2.00 bits per heavy atom. The summed E-state index contributed by atoms with van der Waals surface area (Å²) in [6.07, 6.45) is 0. The minimum absolute atomic E-state index is 0.00202. The van der Waals surface area contributed by atoms with Crippen molar-refractivity contribution in [2.24, 2.45) is 0 Å². The lowest BCUT2D eigenvalue weighted by Crippen LogP contribution is -2.60. The molecule has 0 aliphatic carbocycles. The molecule has 1 aliphatic rings. The maximum absolute atomic E-state index is 13.5. The predicted molar refractivity (Wildman–Crippen MR) is 178 cm³/mol. The summed E-state index contributed by atoms with van der Waals surface area (Å²) >= 11 is 12.4. The number of hydrogen-bond acceptors (Lipinski definition) is 5. The van der Waals surface area contributed by atoms with Crippen molar-refractivity contribution in [3.8, 4) is 11.5 Å². The molecule has 1 amide bonds. The molecule has 0 unspecified atom stereocenters. The highest BCUT2D eigenvalue weighted by atomic mass is 35.5. The van der Waals surface area contributed by atoms with Crippen LogP contribution in [0.15, 0.2) is 132 Å². The lowest BCUT2D eigenvalue weighted by atomic mass is 9.93. The van der Waals surface area contributed by atoms with E-state index >= 15 is 0 Å². The molecule has 0 spiro atoms. The first-order valence-corrected chi connectivity index (χ1v) is 16.5. The zero-order chi connectivity index (χ0) is 31.4. The number of benzene rings is 5. The van der Waals surface area contributed by atoms with E-state index in [4.69, 9.17) is 27.9 Å². The van der Waals surface area contributed by atoms with Gasteiger partial charge in [-0.05, 0) is 65.7 Å². The zero-order valence-corrected chi connectivity index (χ0v) is 26.3. The number of amides is 1. The van der Waals surface area contributed by atoms with Gasteiger partial charge in [-0.1, -0.05) is 96.0 Å². The Bertz CT molecular complexity index is 1860. The Morgan fingerprint density at radius 1 is 0.778 bits per heavy atom. The number of carbonyl (C=O) groups is 1. The smallest absolute Gasteiger partial charge is 0.261 e. The maximum Gasteiger partial charge on any atom is 0.261 e. The summed E-state index contributed by atoms with van der Waals surface area (Å²) in [5.74, 6) is 0.458. The maximum atomic E-state index is 13.5. The quantitative estimate of drug-likeness (QED) is 0.160. The van der Waals surface area contributed by atoms with Gasteiger partial charge in [0.25, 0.3) is 15.9 Å². The number of anilines is 1. The first-order chi connectivity index (χ1) is 21.8. The fourth-order valence-corrected chi connectivity index (χ4v) is 6.73. The summed E-state index contributed by atoms with van der Waals surface area (Å²) in [6, 6.07) is 37.8. The van der Waals surface area contributed by atoms with Gasteiger partial charge in [0.05, 0.1) is 33.3 Å². The molecule has 0 aromatic heterocycles. The molecule has 5 aromatic carbocycles. The largest absolute Gasteiger partial charge is 0.456 e. The molecule has 2 N–H and O–H groups in total. The van der Waals surface area contributed by atoms with Gasteiger partial charge in [-0.2, -0.15) is 0 Å². The van der Waals surface area contributed by atoms with E-state index in [-0.39, 0.29) is 28.2 Å². The number of carbonyl (C=O) groups excluding carboxylic acids is 1. The number of nitrogens with one attached hydrogen (secondary N) is 2. The lowest BCUT2D eigenvalue weighted by molar-refractivity contribution is 0.0719. The molecule has 1 aliphatic heterocycles. The van der Waals surface area contributed by atoms with E-state index in [0.717, 1.165) is 0 Å². The van der Waals surface area contributed by atoms with Gasteiger partial charge in [-0.3, -0.25) is 14.4 Å². The number of likely N-dealkylation sites (tertiary alicyclic amines) is 1. The molecule has 1 heterocycles. The van der Waals surface area contributed by atoms with Crippen molar-refractivity contribution >= 4 is 44.8 Å². The molecule has 228 valence electrons. The van der Waals surface area contributed by atoms with Crippen LogP contribution >= 0.6 is 23.2 Å². The molecule has 7 nitrogen and oxygen atoms in total. The number of para-hydroxylation sites is 1. The number of sulfonamides is 1. The van der Waals surface area contributed by atoms with Crippen LogP contribution < -0.4 is 14.8 Å². The number of nitrogens with zero attached hydrogens (tertiary/aromatic N) is 1. The Morgan fingerprint density at radius 2 is 1.38 bits per heavy atom. The highest BCUT2D eigenvalue weighted by Gasteiger charge is 2.35. The third kappa shape index (κ3) is 7.16. The van der Waals surface area contributed by atoms with E-state index < -0.39 is 15.9 Å². The van der Waals surface area contributed by atoms with E-state index in [2.05, 4.69) is 39.2 Å². The molecular weight excluding hydrogens is 629 g/mol. The second kappa shape index (κ2) is 13.3. The summed E-state index contributed by atoms with van der Waals surface area (Å²) < 4.78 is 35.0. The van der Waals surface area contributed by atoms with Gasteiger partial charge in [0.1, 0.15) is 11.5 Å². The van der Waals surface area contributed by atoms with Crippen molar-refractivity contribution in [3.63, 3.8) is 0 Å².